The average Bonchev–Trinajstić information content (AvgIpc) is 2.02. The minimum absolute atomic E-state index is 0.0240. The van der Waals surface area contributed by atoms with Crippen LogP contribution in [-0.2, 0) is 0 Å². The highest BCUT2D eigenvalue weighted by atomic mass is 35.5. The van der Waals surface area contributed by atoms with Crippen molar-refractivity contribution in [1.82, 2.24) is 0 Å². The first-order valence-electron chi connectivity index (χ1n) is 3.46. The van der Waals surface area contributed by atoms with E-state index in [0.29, 0.717) is 0 Å². The lowest BCUT2D eigenvalue weighted by molar-refractivity contribution is 0.101. The summed E-state index contributed by atoms with van der Waals surface area (Å²) < 4.78 is 13.1. The third-order valence-corrected chi connectivity index (χ3v) is 1.82. The summed E-state index contributed by atoms with van der Waals surface area (Å²) in [6.07, 6.45) is 0. The molecule has 0 N–H and O–H groups in total. The second kappa shape index (κ2) is 3.55. The van der Waals surface area contributed by atoms with Gasteiger partial charge in [0, 0.05) is 0 Å². The SMILES string of the molecule is CC(=O)c1c(F)cc(C#N)cc1Cl. The number of ketones is 1. The Morgan fingerprint density at radius 1 is 1.62 bits per heavy atom. The fraction of sp³-hybridized carbons (Fsp3) is 0.111. The van der Waals surface area contributed by atoms with Gasteiger partial charge in [0.1, 0.15) is 5.82 Å². The van der Waals surface area contributed by atoms with E-state index in [1.54, 1.807) is 6.07 Å². The lowest BCUT2D eigenvalue weighted by atomic mass is 10.1. The molecule has 0 bridgehead atoms. The van der Waals surface area contributed by atoms with Crippen LogP contribution in [0, 0.1) is 17.1 Å². The highest BCUT2D eigenvalue weighted by Gasteiger charge is 2.13. The number of nitriles is 1. The highest BCUT2D eigenvalue weighted by molar-refractivity contribution is 6.34. The van der Waals surface area contributed by atoms with Crippen LogP contribution >= 0.6 is 11.6 Å². The average molecular weight is 198 g/mol. The summed E-state index contributed by atoms with van der Waals surface area (Å²) in [6.45, 7) is 1.22. The van der Waals surface area contributed by atoms with Gasteiger partial charge in [-0.25, -0.2) is 4.39 Å². The molecule has 0 aliphatic rings. The number of nitrogens with zero attached hydrogens (tertiary/aromatic N) is 1. The van der Waals surface area contributed by atoms with Crippen molar-refractivity contribution in [1.29, 1.82) is 5.26 Å². The summed E-state index contributed by atoms with van der Waals surface area (Å²) in [5.74, 6) is -1.21. The van der Waals surface area contributed by atoms with E-state index in [4.69, 9.17) is 16.9 Å². The second-order valence-corrected chi connectivity index (χ2v) is 2.89. The number of Topliss-reactive ketones (excluding diaryl/α,β-unsaturated/α-hetero) is 1. The molecule has 0 atom stereocenters. The van der Waals surface area contributed by atoms with Gasteiger partial charge in [0.2, 0.25) is 0 Å². The molecular weight excluding hydrogens is 193 g/mol. The van der Waals surface area contributed by atoms with E-state index in [-0.39, 0.29) is 16.1 Å². The monoisotopic (exact) mass is 197 g/mol. The minimum Gasteiger partial charge on any atom is -0.294 e. The number of hydrogen-bond acceptors (Lipinski definition) is 2. The molecule has 0 radical (unpaired) electrons. The van der Waals surface area contributed by atoms with Crippen molar-refractivity contribution in [2.45, 2.75) is 6.92 Å². The Balaban J connectivity index is 3.42. The molecule has 1 aromatic rings. The zero-order valence-electron chi connectivity index (χ0n) is 6.77. The molecule has 0 aromatic heterocycles. The number of carbonyl (C=O) groups is 1. The Labute approximate surface area is 79.5 Å². The zero-order chi connectivity index (χ0) is 10.0. The third kappa shape index (κ3) is 1.85. The molecule has 0 saturated carbocycles. The molecular formula is C9H5ClFNO. The van der Waals surface area contributed by atoms with Gasteiger partial charge in [0.05, 0.1) is 22.2 Å². The van der Waals surface area contributed by atoms with Crippen LogP contribution in [0.5, 0.6) is 0 Å². The zero-order valence-corrected chi connectivity index (χ0v) is 7.52. The summed E-state index contributed by atoms with van der Waals surface area (Å²) in [6, 6.07) is 3.99. The Hall–Kier alpha value is -1.40. The van der Waals surface area contributed by atoms with Crippen molar-refractivity contribution < 1.29 is 9.18 Å². The Bertz CT molecular complexity index is 386. The molecule has 0 amide bonds. The lowest BCUT2D eigenvalue weighted by Crippen LogP contribution is -1.99. The van der Waals surface area contributed by atoms with E-state index in [9.17, 15) is 9.18 Å². The van der Waals surface area contributed by atoms with Gasteiger partial charge in [-0.1, -0.05) is 11.6 Å². The van der Waals surface area contributed by atoms with E-state index < -0.39 is 11.6 Å². The molecule has 13 heavy (non-hydrogen) atoms. The fourth-order valence-corrected chi connectivity index (χ4v) is 1.31. The second-order valence-electron chi connectivity index (χ2n) is 2.48. The topological polar surface area (TPSA) is 40.9 Å². The van der Waals surface area contributed by atoms with Crippen LogP contribution in [0.15, 0.2) is 12.1 Å². The number of rotatable bonds is 1. The van der Waals surface area contributed by atoms with Crippen molar-refractivity contribution in [3.05, 3.63) is 34.1 Å². The molecule has 0 unspecified atom stereocenters. The molecule has 0 saturated heterocycles. The van der Waals surface area contributed by atoms with E-state index in [2.05, 4.69) is 0 Å². The van der Waals surface area contributed by atoms with Gasteiger partial charge in [-0.3, -0.25) is 4.79 Å². The smallest absolute Gasteiger partial charge is 0.164 e. The van der Waals surface area contributed by atoms with E-state index >= 15 is 0 Å². The normalized spacial score (nSPS) is 9.38. The number of benzene rings is 1. The molecule has 4 heteroatoms. The summed E-state index contributed by atoms with van der Waals surface area (Å²) in [4.78, 5) is 10.9. The maximum Gasteiger partial charge on any atom is 0.164 e. The van der Waals surface area contributed by atoms with Gasteiger partial charge in [-0.15, -0.1) is 0 Å². The molecule has 0 spiro atoms. The predicted octanol–water partition coefficient (Wildman–Crippen LogP) is 2.55. The van der Waals surface area contributed by atoms with Gasteiger partial charge in [-0.05, 0) is 19.1 Å². The van der Waals surface area contributed by atoms with Crippen molar-refractivity contribution in [3.63, 3.8) is 0 Å². The van der Waals surface area contributed by atoms with E-state index in [1.165, 1.54) is 13.0 Å². The van der Waals surface area contributed by atoms with Gasteiger partial charge >= 0.3 is 0 Å². The van der Waals surface area contributed by atoms with Crippen LogP contribution in [0.3, 0.4) is 0 Å². The van der Waals surface area contributed by atoms with E-state index in [0.717, 1.165) is 6.07 Å². The number of hydrogen-bond donors (Lipinski definition) is 0. The third-order valence-electron chi connectivity index (χ3n) is 1.52. The standard InChI is InChI=1S/C9H5ClFNO/c1-5(13)9-7(10)2-6(4-12)3-8(9)11/h2-3H,1H3. The summed E-state index contributed by atoms with van der Waals surface area (Å²) in [7, 11) is 0. The highest BCUT2D eigenvalue weighted by Crippen LogP contribution is 2.21. The van der Waals surface area contributed by atoms with Crippen LogP contribution in [-0.4, -0.2) is 5.78 Å². The number of carbonyl (C=O) groups excluding carboxylic acids is 1. The van der Waals surface area contributed by atoms with Gasteiger partial charge < -0.3 is 0 Å². The van der Waals surface area contributed by atoms with Crippen molar-refractivity contribution in [2.24, 2.45) is 0 Å². The van der Waals surface area contributed by atoms with Gasteiger partial charge in [0.15, 0.2) is 5.78 Å². The Morgan fingerprint density at radius 3 is 2.62 bits per heavy atom. The van der Waals surface area contributed by atoms with Crippen molar-refractivity contribution in [3.8, 4) is 6.07 Å². The minimum atomic E-state index is -0.753. The van der Waals surface area contributed by atoms with Crippen LogP contribution in [0.2, 0.25) is 5.02 Å². The Morgan fingerprint density at radius 2 is 2.23 bits per heavy atom. The van der Waals surface area contributed by atoms with Gasteiger partial charge in [0.25, 0.3) is 0 Å². The molecule has 0 aliphatic heterocycles. The van der Waals surface area contributed by atoms with Crippen LogP contribution in [0.1, 0.15) is 22.8 Å². The lowest BCUT2D eigenvalue weighted by Gasteiger charge is -2.01. The first kappa shape index (κ1) is 9.69. The molecule has 2 nitrogen and oxygen atoms in total. The number of halogens is 2. The fourth-order valence-electron chi connectivity index (χ4n) is 0.974. The molecule has 0 heterocycles. The summed E-state index contributed by atoms with van der Waals surface area (Å²) in [5, 5.41) is 8.43. The largest absolute Gasteiger partial charge is 0.294 e. The molecule has 1 rings (SSSR count). The molecule has 1 aromatic carbocycles. The van der Waals surface area contributed by atoms with E-state index in [1.807, 2.05) is 0 Å². The molecule has 0 fully saturated rings. The maximum atomic E-state index is 13.1. The van der Waals surface area contributed by atoms with Crippen LogP contribution < -0.4 is 0 Å². The van der Waals surface area contributed by atoms with Crippen molar-refractivity contribution >= 4 is 17.4 Å². The summed E-state index contributed by atoms with van der Waals surface area (Å²) >= 11 is 5.60. The first-order chi connectivity index (χ1) is 6.06. The van der Waals surface area contributed by atoms with Crippen LogP contribution in [0.25, 0.3) is 0 Å². The predicted molar refractivity (Wildman–Crippen MR) is 46.1 cm³/mol. The Kier molecular flexibility index (Phi) is 2.64. The maximum absolute atomic E-state index is 13.1. The van der Waals surface area contributed by atoms with Gasteiger partial charge in [-0.2, -0.15) is 5.26 Å². The molecule has 0 aliphatic carbocycles. The first-order valence-corrected chi connectivity index (χ1v) is 3.84. The van der Waals surface area contributed by atoms with Crippen LogP contribution in [0.4, 0.5) is 4.39 Å². The molecule has 66 valence electrons. The van der Waals surface area contributed by atoms with Crippen molar-refractivity contribution in [2.75, 3.05) is 0 Å². The quantitative estimate of drug-likeness (QED) is 0.650. The summed E-state index contributed by atoms with van der Waals surface area (Å²) in [5.41, 5.74) is -0.0619.